The van der Waals surface area contributed by atoms with Gasteiger partial charge in [-0.15, -0.1) is 0 Å². The summed E-state index contributed by atoms with van der Waals surface area (Å²) in [5, 5.41) is 3.16. The lowest BCUT2D eigenvalue weighted by atomic mass is 10.2. The second-order valence-corrected chi connectivity index (χ2v) is 4.67. The zero-order valence-corrected chi connectivity index (χ0v) is 11.4. The van der Waals surface area contributed by atoms with Crippen molar-refractivity contribution in [3.63, 3.8) is 0 Å². The maximum Gasteiger partial charge on any atom is 0.231 e. The first kappa shape index (κ1) is 15.3. The third-order valence-corrected chi connectivity index (χ3v) is 2.67. The normalized spacial score (nSPS) is 10.5. The standard InChI is InChI=1S/C12H17ClN4O2/c1-17(7-11(15)18)5-4-12(19)16-10-6-8(13)2-3-9(10)14/h2-3,6H,4-5,7,14H2,1H3,(H2,15,18)(H,16,19). The minimum Gasteiger partial charge on any atom is -0.397 e. The fraction of sp³-hybridized carbons (Fsp3) is 0.333. The van der Waals surface area contributed by atoms with Crippen molar-refractivity contribution in [2.24, 2.45) is 5.73 Å². The smallest absolute Gasteiger partial charge is 0.231 e. The first-order valence-electron chi connectivity index (χ1n) is 5.70. The van der Waals surface area contributed by atoms with Crippen molar-refractivity contribution < 1.29 is 9.59 Å². The van der Waals surface area contributed by atoms with E-state index < -0.39 is 5.91 Å². The van der Waals surface area contributed by atoms with E-state index in [9.17, 15) is 9.59 Å². The lowest BCUT2D eigenvalue weighted by Crippen LogP contribution is -2.32. The number of hydrogen-bond donors (Lipinski definition) is 3. The molecule has 0 aromatic heterocycles. The molecular weight excluding hydrogens is 268 g/mol. The van der Waals surface area contributed by atoms with E-state index in [1.807, 2.05) is 0 Å². The molecule has 0 fully saturated rings. The third kappa shape index (κ3) is 5.58. The first-order valence-corrected chi connectivity index (χ1v) is 6.08. The van der Waals surface area contributed by atoms with Gasteiger partial charge in [0.1, 0.15) is 0 Å². The number of rotatable bonds is 6. The van der Waals surface area contributed by atoms with Gasteiger partial charge in [-0.3, -0.25) is 14.5 Å². The molecule has 1 rings (SSSR count). The SMILES string of the molecule is CN(CCC(=O)Nc1cc(Cl)ccc1N)CC(N)=O. The monoisotopic (exact) mass is 284 g/mol. The predicted molar refractivity (Wildman–Crippen MR) is 75.8 cm³/mol. The summed E-state index contributed by atoms with van der Waals surface area (Å²) >= 11 is 5.82. The number of carbonyl (C=O) groups is 2. The van der Waals surface area contributed by atoms with E-state index in [2.05, 4.69) is 5.32 Å². The molecule has 19 heavy (non-hydrogen) atoms. The lowest BCUT2D eigenvalue weighted by molar-refractivity contribution is -0.120. The highest BCUT2D eigenvalue weighted by Crippen LogP contribution is 2.22. The molecule has 0 spiro atoms. The molecule has 5 N–H and O–H groups in total. The van der Waals surface area contributed by atoms with Crippen LogP contribution in [0, 0.1) is 0 Å². The average Bonchev–Trinajstić information content (AvgIpc) is 2.30. The number of likely N-dealkylation sites (N-methyl/N-ethyl adjacent to an activating group) is 1. The van der Waals surface area contributed by atoms with Crippen LogP contribution in [0.3, 0.4) is 0 Å². The number of amides is 2. The molecule has 0 unspecified atom stereocenters. The van der Waals surface area contributed by atoms with Crippen LogP contribution in [0.2, 0.25) is 5.02 Å². The number of nitrogens with one attached hydrogen (secondary N) is 1. The van der Waals surface area contributed by atoms with Crippen LogP contribution in [0.15, 0.2) is 18.2 Å². The number of nitrogens with two attached hydrogens (primary N) is 2. The topological polar surface area (TPSA) is 101 Å². The molecule has 0 atom stereocenters. The molecule has 0 aliphatic heterocycles. The molecule has 2 amide bonds. The van der Waals surface area contributed by atoms with Crippen LogP contribution in [-0.2, 0) is 9.59 Å². The summed E-state index contributed by atoms with van der Waals surface area (Å²) in [4.78, 5) is 24.1. The maximum absolute atomic E-state index is 11.7. The fourth-order valence-corrected chi connectivity index (χ4v) is 1.66. The van der Waals surface area contributed by atoms with E-state index in [-0.39, 0.29) is 18.9 Å². The highest BCUT2D eigenvalue weighted by molar-refractivity contribution is 6.31. The van der Waals surface area contributed by atoms with Gasteiger partial charge in [0, 0.05) is 18.0 Å². The first-order chi connectivity index (χ1) is 8.88. The van der Waals surface area contributed by atoms with Crippen LogP contribution in [0.4, 0.5) is 11.4 Å². The largest absolute Gasteiger partial charge is 0.397 e. The summed E-state index contributed by atoms with van der Waals surface area (Å²) in [7, 11) is 1.71. The summed E-state index contributed by atoms with van der Waals surface area (Å²) in [6.45, 7) is 0.543. The van der Waals surface area contributed by atoms with Gasteiger partial charge in [-0.1, -0.05) is 11.6 Å². The van der Waals surface area contributed by atoms with Crippen molar-refractivity contribution in [1.29, 1.82) is 0 Å². The number of carbonyl (C=O) groups excluding carboxylic acids is 2. The van der Waals surface area contributed by atoms with Crippen LogP contribution < -0.4 is 16.8 Å². The Balaban J connectivity index is 2.47. The Bertz CT molecular complexity index is 479. The van der Waals surface area contributed by atoms with Crippen LogP contribution in [0.1, 0.15) is 6.42 Å². The van der Waals surface area contributed by atoms with Gasteiger partial charge in [0.25, 0.3) is 0 Å². The molecule has 7 heteroatoms. The summed E-state index contributed by atoms with van der Waals surface area (Å²) < 4.78 is 0. The Morgan fingerprint density at radius 3 is 2.74 bits per heavy atom. The van der Waals surface area contributed by atoms with E-state index in [0.717, 1.165) is 0 Å². The van der Waals surface area contributed by atoms with Crippen molar-refractivity contribution in [3.05, 3.63) is 23.2 Å². The van der Waals surface area contributed by atoms with Gasteiger partial charge in [-0.25, -0.2) is 0 Å². The van der Waals surface area contributed by atoms with E-state index in [0.29, 0.717) is 22.9 Å². The van der Waals surface area contributed by atoms with Crippen molar-refractivity contribution in [3.8, 4) is 0 Å². The number of primary amides is 1. The van der Waals surface area contributed by atoms with Crippen LogP contribution in [0.5, 0.6) is 0 Å². The molecule has 0 aliphatic carbocycles. The van der Waals surface area contributed by atoms with Crippen LogP contribution in [0.25, 0.3) is 0 Å². The van der Waals surface area contributed by atoms with Crippen LogP contribution >= 0.6 is 11.6 Å². The second-order valence-electron chi connectivity index (χ2n) is 4.23. The summed E-state index contributed by atoms with van der Waals surface area (Å²) in [5.74, 6) is -0.632. The highest BCUT2D eigenvalue weighted by Gasteiger charge is 2.08. The number of anilines is 2. The number of benzene rings is 1. The van der Waals surface area contributed by atoms with E-state index >= 15 is 0 Å². The minimum absolute atomic E-state index is 0.118. The molecule has 6 nitrogen and oxygen atoms in total. The second kappa shape index (κ2) is 6.96. The number of nitrogens with zero attached hydrogens (tertiary/aromatic N) is 1. The molecular formula is C12H17ClN4O2. The van der Waals surface area contributed by atoms with Gasteiger partial charge >= 0.3 is 0 Å². The predicted octanol–water partition coefficient (Wildman–Crippen LogP) is 0.668. The molecule has 0 aliphatic rings. The molecule has 1 aromatic carbocycles. The molecule has 0 saturated heterocycles. The Hall–Kier alpha value is -1.79. The van der Waals surface area contributed by atoms with Crippen molar-refractivity contribution in [1.82, 2.24) is 4.90 Å². The molecule has 0 bridgehead atoms. The Morgan fingerprint density at radius 1 is 1.42 bits per heavy atom. The van der Waals surface area contributed by atoms with E-state index in [1.165, 1.54) is 0 Å². The zero-order valence-electron chi connectivity index (χ0n) is 10.6. The van der Waals surface area contributed by atoms with Crippen molar-refractivity contribution in [2.45, 2.75) is 6.42 Å². The van der Waals surface area contributed by atoms with Gasteiger partial charge in [-0.05, 0) is 25.2 Å². The summed E-state index contributed by atoms with van der Waals surface area (Å²) in [6.07, 6.45) is 0.232. The highest BCUT2D eigenvalue weighted by atomic mass is 35.5. The fourth-order valence-electron chi connectivity index (χ4n) is 1.49. The summed E-state index contributed by atoms with van der Waals surface area (Å²) in [5.41, 5.74) is 11.7. The molecule has 1 aromatic rings. The number of hydrogen-bond acceptors (Lipinski definition) is 4. The van der Waals surface area contributed by atoms with Crippen LogP contribution in [-0.4, -0.2) is 36.9 Å². The Kier molecular flexibility index (Phi) is 5.59. The van der Waals surface area contributed by atoms with Crippen molar-refractivity contribution >= 4 is 34.8 Å². The van der Waals surface area contributed by atoms with E-state index in [4.69, 9.17) is 23.1 Å². The number of nitrogen functional groups attached to an aromatic ring is 1. The molecule has 0 radical (unpaired) electrons. The average molecular weight is 285 g/mol. The van der Waals surface area contributed by atoms with Crippen molar-refractivity contribution in [2.75, 3.05) is 31.2 Å². The van der Waals surface area contributed by atoms with Gasteiger partial charge in [0.2, 0.25) is 11.8 Å². The van der Waals surface area contributed by atoms with Gasteiger partial charge < -0.3 is 16.8 Å². The molecule has 0 heterocycles. The van der Waals surface area contributed by atoms with Gasteiger partial charge in [0.05, 0.1) is 17.9 Å². The Labute approximate surface area is 116 Å². The van der Waals surface area contributed by atoms with Gasteiger partial charge in [0.15, 0.2) is 0 Å². The number of halogens is 1. The molecule has 0 saturated carbocycles. The van der Waals surface area contributed by atoms with Gasteiger partial charge in [-0.2, -0.15) is 0 Å². The molecule has 104 valence electrons. The Morgan fingerprint density at radius 2 is 2.11 bits per heavy atom. The zero-order chi connectivity index (χ0) is 14.4. The lowest BCUT2D eigenvalue weighted by Gasteiger charge is -2.14. The van der Waals surface area contributed by atoms with E-state index in [1.54, 1.807) is 30.1 Å². The quantitative estimate of drug-likeness (QED) is 0.668. The third-order valence-electron chi connectivity index (χ3n) is 2.44. The minimum atomic E-state index is -0.429. The maximum atomic E-state index is 11.7. The summed E-state index contributed by atoms with van der Waals surface area (Å²) in [6, 6.07) is 4.85.